The standard InChI is InChI=1S/C55H68ClN7O15/c1-31-14-13-19-43(73-8)55(71)26-42(76-52(69)60-55)32(2)50-54(4,78-50)44(25-47(66)63(6)40-23-34(22-31)24-41(72-7)49(40)56)77-51(68)33(3)62(5)48(67)28-59-45(64)27-57-20-21-58-46(65)30-75-61-53(70)74-29-39-37-17-11-9-15-35(37)36-16-10-12-18-38(36)39/h9-19,23-24,32-33,39,42-44,50,57,71H,20-22,25-30H2,1-8H3,(H,58,65)(H,59,64)(H,60,69)(H,61,70)/b19-13+,31-14+. The lowest BCUT2D eigenvalue weighted by molar-refractivity contribution is -0.161. The fourth-order valence-electron chi connectivity index (χ4n) is 9.91. The molecule has 2 saturated heterocycles. The van der Waals surface area contributed by atoms with E-state index in [1.807, 2.05) is 61.5 Å². The Labute approximate surface area is 457 Å². The molecule has 420 valence electrons. The normalized spacial score (nSPS) is 25.2. The lowest BCUT2D eigenvalue weighted by atomic mass is 9.83. The molecule has 4 aliphatic rings. The summed E-state index contributed by atoms with van der Waals surface area (Å²) < 4.78 is 34.7. The number of halogens is 1. The van der Waals surface area contributed by atoms with E-state index in [0.717, 1.165) is 38.3 Å². The number of anilines is 1. The minimum Gasteiger partial charge on any atom is -0.495 e. The van der Waals surface area contributed by atoms with E-state index in [2.05, 4.69) is 26.7 Å². The van der Waals surface area contributed by atoms with E-state index in [4.69, 9.17) is 44.9 Å². The maximum absolute atomic E-state index is 14.3. The minimum absolute atomic E-state index is 0.0719. The average Bonchev–Trinajstić information content (AvgIpc) is 4.17. The predicted molar refractivity (Wildman–Crippen MR) is 284 cm³/mol. The van der Waals surface area contributed by atoms with Crippen molar-refractivity contribution < 1.29 is 71.9 Å². The van der Waals surface area contributed by atoms with Gasteiger partial charge in [-0.15, -0.1) is 0 Å². The third-order valence-electron chi connectivity index (χ3n) is 14.6. The number of hydrogen-bond donors (Lipinski definition) is 6. The number of esters is 1. The number of hydroxylamine groups is 1. The number of nitrogens with one attached hydrogen (secondary N) is 5. The van der Waals surface area contributed by atoms with Crippen LogP contribution in [0.5, 0.6) is 5.75 Å². The summed E-state index contributed by atoms with van der Waals surface area (Å²) >= 11 is 6.80. The zero-order chi connectivity index (χ0) is 56.5. The number of epoxide rings is 1. The van der Waals surface area contributed by atoms with E-state index < -0.39 is 109 Å². The Morgan fingerprint density at radius 1 is 0.987 bits per heavy atom. The van der Waals surface area contributed by atoms with Crippen LogP contribution in [0.3, 0.4) is 0 Å². The zero-order valence-electron chi connectivity index (χ0n) is 44.8. The molecule has 6 N–H and O–H groups in total. The van der Waals surface area contributed by atoms with Crippen LogP contribution in [-0.2, 0) is 58.9 Å². The molecule has 0 spiro atoms. The van der Waals surface area contributed by atoms with Gasteiger partial charge in [-0.25, -0.2) is 14.4 Å². The van der Waals surface area contributed by atoms with Crippen LogP contribution in [0.25, 0.3) is 11.1 Å². The first kappa shape index (κ1) is 58.6. The molecule has 8 atom stereocenters. The van der Waals surface area contributed by atoms with Gasteiger partial charge in [0.2, 0.25) is 23.6 Å². The molecule has 0 aromatic heterocycles. The first-order valence-corrected chi connectivity index (χ1v) is 25.9. The fourth-order valence-corrected chi connectivity index (χ4v) is 10.2. The van der Waals surface area contributed by atoms with Gasteiger partial charge < -0.3 is 59.3 Å². The summed E-state index contributed by atoms with van der Waals surface area (Å²) in [4.78, 5) is 99.5. The van der Waals surface area contributed by atoms with Gasteiger partial charge in [0.05, 0.1) is 38.4 Å². The molecular formula is C55H68ClN7O15. The molecule has 8 unspecified atom stereocenters. The molecule has 6 amide bonds. The second-order valence-corrected chi connectivity index (χ2v) is 20.3. The van der Waals surface area contributed by atoms with Crippen molar-refractivity contribution in [3.63, 3.8) is 0 Å². The molecule has 3 aliphatic heterocycles. The number of fused-ring (bicyclic) bond motifs is 8. The van der Waals surface area contributed by atoms with E-state index in [1.54, 1.807) is 38.1 Å². The number of likely N-dealkylation sites (N-methyl/N-ethyl adjacent to an activating group) is 1. The number of amides is 6. The van der Waals surface area contributed by atoms with Gasteiger partial charge in [0.1, 0.15) is 47.3 Å². The molecule has 3 aromatic rings. The van der Waals surface area contributed by atoms with Gasteiger partial charge in [0.15, 0.2) is 12.3 Å². The Kier molecular flexibility index (Phi) is 19.2. The number of carbonyl (C=O) groups is 7. The molecule has 3 aromatic carbocycles. The fraction of sp³-hybridized carbons (Fsp3) is 0.473. The van der Waals surface area contributed by atoms with Crippen LogP contribution in [0, 0.1) is 5.92 Å². The number of alkyl carbamates (subject to hydrolysis) is 1. The molecular weight excluding hydrogens is 1030 g/mol. The molecule has 23 heteroatoms. The number of ether oxygens (including phenoxy) is 6. The van der Waals surface area contributed by atoms with Gasteiger partial charge >= 0.3 is 18.2 Å². The molecule has 7 rings (SSSR count). The summed E-state index contributed by atoms with van der Waals surface area (Å²) in [5, 5.41) is 22.4. The number of benzene rings is 3. The Morgan fingerprint density at radius 2 is 1.68 bits per heavy atom. The highest BCUT2D eigenvalue weighted by molar-refractivity contribution is 6.35. The molecule has 78 heavy (non-hydrogen) atoms. The largest absolute Gasteiger partial charge is 0.495 e. The Balaban J connectivity index is 0.889. The Morgan fingerprint density at radius 3 is 2.36 bits per heavy atom. The van der Waals surface area contributed by atoms with Gasteiger partial charge in [-0.3, -0.25) is 29.3 Å². The van der Waals surface area contributed by atoms with Crippen LogP contribution < -0.4 is 36.4 Å². The molecule has 2 fully saturated rings. The third-order valence-corrected chi connectivity index (χ3v) is 15.0. The lowest BCUT2D eigenvalue weighted by Gasteiger charge is -2.42. The van der Waals surface area contributed by atoms with E-state index in [0.29, 0.717) is 17.9 Å². The van der Waals surface area contributed by atoms with Crippen LogP contribution in [0.1, 0.15) is 63.1 Å². The van der Waals surface area contributed by atoms with E-state index >= 15 is 0 Å². The number of carbonyl (C=O) groups excluding carboxylic acids is 7. The number of hydrogen-bond acceptors (Lipinski definition) is 16. The number of allylic oxidation sites excluding steroid dienone is 3. The molecule has 0 radical (unpaired) electrons. The van der Waals surface area contributed by atoms with Crippen molar-refractivity contribution in [2.75, 3.05) is 72.6 Å². The van der Waals surface area contributed by atoms with Crippen molar-refractivity contribution in [3.05, 3.63) is 106 Å². The first-order chi connectivity index (χ1) is 37.2. The highest BCUT2D eigenvalue weighted by atomic mass is 35.5. The molecule has 1 aliphatic carbocycles. The van der Waals surface area contributed by atoms with Crippen molar-refractivity contribution in [1.29, 1.82) is 0 Å². The topological polar surface area (TPSA) is 274 Å². The SMILES string of the molecule is COc1cc2cc(c1Cl)N(C)C(=O)CC(OC(=O)C(C)N(C)C(=O)CNC(=O)CNCCNC(=O)CONC(=O)OCC1c3ccccc3-c3ccccc31)C1(C)OC1C(C)C1CC(O)(NC(=O)O1)C(OC)/C=C/C=C(\C)C2. The Hall–Kier alpha value is -7.08. The number of aliphatic hydroxyl groups is 1. The maximum Gasteiger partial charge on any atom is 0.431 e. The van der Waals surface area contributed by atoms with Crippen molar-refractivity contribution >= 4 is 59.1 Å². The van der Waals surface area contributed by atoms with Gasteiger partial charge in [0.25, 0.3) is 0 Å². The van der Waals surface area contributed by atoms with Crippen molar-refractivity contribution in [2.24, 2.45) is 5.92 Å². The summed E-state index contributed by atoms with van der Waals surface area (Å²) in [6.07, 6.45) is -0.640. The summed E-state index contributed by atoms with van der Waals surface area (Å²) in [5.74, 6) is -3.57. The average molecular weight is 1100 g/mol. The van der Waals surface area contributed by atoms with E-state index in [1.165, 1.54) is 40.1 Å². The second-order valence-electron chi connectivity index (χ2n) is 19.9. The summed E-state index contributed by atoms with van der Waals surface area (Å²) in [5.41, 5.74) is 5.13. The quantitative estimate of drug-likeness (QED) is 0.0369. The highest BCUT2D eigenvalue weighted by Gasteiger charge is 2.64. The smallest absolute Gasteiger partial charge is 0.431 e. The summed E-state index contributed by atoms with van der Waals surface area (Å²) in [6, 6.07) is 18.1. The number of rotatable bonds is 17. The zero-order valence-corrected chi connectivity index (χ0v) is 45.6. The van der Waals surface area contributed by atoms with Gasteiger partial charge in [-0.05, 0) is 67.1 Å². The van der Waals surface area contributed by atoms with Crippen LogP contribution in [0.4, 0.5) is 15.3 Å². The van der Waals surface area contributed by atoms with Crippen molar-refractivity contribution in [3.8, 4) is 16.9 Å². The minimum atomic E-state index is -1.89. The number of methoxy groups -OCH3 is 2. The van der Waals surface area contributed by atoms with Crippen molar-refractivity contribution in [2.45, 2.75) is 94.7 Å². The maximum atomic E-state index is 14.3. The monoisotopic (exact) mass is 1100 g/mol. The third kappa shape index (κ3) is 13.8. The predicted octanol–water partition coefficient (Wildman–Crippen LogP) is 3.81. The van der Waals surface area contributed by atoms with Crippen molar-refractivity contribution in [1.82, 2.24) is 31.6 Å². The van der Waals surface area contributed by atoms with E-state index in [9.17, 15) is 38.7 Å². The summed E-state index contributed by atoms with van der Waals surface area (Å²) in [6.45, 7) is 5.88. The van der Waals surface area contributed by atoms with Gasteiger partial charge in [-0.2, -0.15) is 5.48 Å². The van der Waals surface area contributed by atoms with Gasteiger partial charge in [0, 0.05) is 52.6 Å². The van der Waals surface area contributed by atoms with Crippen LogP contribution >= 0.6 is 11.6 Å². The van der Waals surface area contributed by atoms with Crippen LogP contribution in [0.15, 0.2) is 84.5 Å². The summed E-state index contributed by atoms with van der Waals surface area (Å²) in [7, 11) is 5.75. The second kappa shape index (κ2) is 25.6. The van der Waals surface area contributed by atoms with E-state index in [-0.39, 0.29) is 43.6 Å². The molecule has 22 nitrogen and oxygen atoms in total. The molecule has 3 heterocycles. The number of nitrogens with zero attached hydrogens (tertiary/aromatic N) is 2. The van der Waals surface area contributed by atoms with Crippen LogP contribution in [0.2, 0.25) is 5.02 Å². The molecule has 4 bridgehead atoms. The Bertz CT molecular complexity index is 2770. The lowest BCUT2D eigenvalue weighted by Crippen LogP contribution is -2.63. The van der Waals surface area contributed by atoms with Crippen LogP contribution in [-0.4, -0.2) is 161 Å². The first-order valence-electron chi connectivity index (χ1n) is 25.5. The highest BCUT2D eigenvalue weighted by Crippen LogP contribution is 2.49. The van der Waals surface area contributed by atoms with Gasteiger partial charge in [-0.1, -0.05) is 90.9 Å². The molecule has 0 saturated carbocycles.